The zero-order valence-electron chi connectivity index (χ0n) is 20.7. The number of nitrogens with zero attached hydrogens (tertiary/aromatic N) is 3. The maximum absolute atomic E-state index is 13.5. The minimum atomic E-state index is -0.392. The molecule has 9 nitrogen and oxygen atoms in total. The van der Waals surface area contributed by atoms with Crippen LogP contribution in [0.5, 0.6) is 0 Å². The molecule has 0 aliphatic rings. The lowest BCUT2D eigenvalue weighted by Gasteiger charge is -2.15. The van der Waals surface area contributed by atoms with Crippen LogP contribution in [0.25, 0.3) is 22.2 Å². The molecule has 3 heterocycles. The summed E-state index contributed by atoms with van der Waals surface area (Å²) in [6, 6.07) is 21.0. The minimum absolute atomic E-state index is 0.134. The van der Waals surface area contributed by atoms with Crippen LogP contribution in [0.15, 0.2) is 90.1 Å². The van der Waals surface area contributed by atoms with E-state index in [9.17, 15) is 14.7 Å². The number of hydrogen-bond donors (Lipinski definition) is 4. The van der Waals surface area contributed by atoms with Crippen molar-refractivity contribution in [3.63, 3.8) is 0 Å². The van der Waals surface area contributed by atoms with E-state index in [4.69, 9.17) is 0 Å². The van der Waals surface area contributed by atoms with Crippen LogP contribution in [0.3, 0.4) is 0 Å². The van der Waals surface area contributed by atoms with Gasteiger partial charge in [0.15, 0.2) is 5.82 Å². The molecule has 38 heavy (non-hydrogen) atoms. The molecule has 3 aromatic heterocycles. The number of aromatic nitrogens is 4. The maximum atomic E-state index is 13.5. The first-order chi connectivity index (χ1) is 18.6. The molecule has 9 heteroatoms. The second-order valence-corrected chi connectivity index (χ2v) is 8.94. The van der Waals surface area contributed by atoms with E-state index >= 15 is 0 Å². The highest BCUT2D eigenvalue weighted by atomic mass is 16.3. The topological polar surface area (TPSA) is 125 Å². The van der Waals surface area contributed by atoms with E-state index in [0.29, 0.717) is 23.4 Å². The molecule has 0 atom stereocenters. The van der Waals surface area contributed by atoms with E-state index in [-0.39, 0.29) is 31.4 Å². The number of H-pyrrole nitrogens is 1. The van der Waals surface area contributed by atoms with Crippen molar-refractivity contribution in [3.05, 3.63) is 112 Å². The van der Waals surface area contributed by atoms with Gasteiger partial charge in [0, 0.05) is 41.1 Å². The third-order valence-electron chi connectivity index (χ3n) is 6.26. The Labute approximate surface area is 219 Å². The fraction of sp³-hybridized carbons (Fsp3) is 0.172. The van der Waals surface area contributed by atoms with Crippen LogP contribution < -0.4 is 16.2 Å². The van der Waals surface area contributed by atoms with Gasteiger partial charge >= 0.3 is 0 Å². The summed E-state index contributed by atoms with van der Waals surface area (Å²) in [5.41, 5.74) is 4.40. The van der Waals surface area contributed by atoms with Gasteiger partial charge in [0.2, 0.25) is 5.91 Å². The number of pyridine rings is 1. The van der Waals surface area contributed by atoms with Gasteiger partial charge in [-0.15, -0.1) is 0 Å². The highest BCUT2D eigenvalue weighted by Crippen LogP contribution is 2.20. The summed E-state index contributed by atoms with van der Waals surface area (Å²) in [5, 5.41) is 16.5. The summed E-state index contributed by atoms with van der Waals surface area (Å²) in [6.45, 7) is 0.484. The summed E-state index contributed by atoms with van der Waals surface area (Å²) in [4.78, 5) is 38.2. The quantitative estimate of drug-likeness (QED) is 0.230. The molecule has 5 aromatic rings. The van der Waals surface area contributed by atoms with Crippen LogP contribution in [0.1, 0.15) is 16.8 Å². The molecule has 0 aliphatic carbocycles. The number of amides is 1. The van der Waals surface area contributed by atoms with Crippen LogP contribution in [-0.4, -0.2) is 37.1 Å². The van der Waals surface area contributed by atoms with Crippen molar-refractivity contribution in [2.45, 2.75) is 26.1 Å². The van der Waals surface area contributed by atoms with Crippen LogP contribution in [-0.2, 0) is 30.9 Å². The largest absolute Gasteiger partial charge is 0.392 e. The molecular formula is C29H28N6O3. The smallest absolute Gasteiger partial charge is 0.294 e. The number of hydrogen-bond acceptors (Lipinski definition) is 6. The first-order valence-corrected chi connectivity index (χ1v) is 12.4. The molecule has 2 aromatic carbocycles. The van der Waals surface area contributed by atoms with Gasteiger partial charge in [-0.05, 0) is 35.7 Å². The van der Waals surface area contributed by atoms with E-state index in [1.54, 1.807) is 36.8 Å². The van der Waals surface area contributed by atoms with Crippen molar-refractivity contribution >= 4 is 22.6 Å². The lowest BCUT2D eigenvalue weighted by Crippen LogP contribution is -2.34. The number of aliphatic hydroxyl groups excluding tert-OH is 1. The maximum Gasteiger partial charge on any atom is 0.294 e. The second kappa shape index (κ2) is 11.5. The number of carbonyl (C=O) groups is 1. The molecule has 0 spiro atoms. The number of nitrogens with one attached hydrogen (secondary N) is 3. The van der Waals surface area contributed by atoms with Gasteiger partial charge in [0.05, 0.1) is 25.0 Å². The van der Waals surface area contributed by atoms with Gasteiger partial charge in [0.25, 0.3) is 5.56 Å². The van der Waals surface area contributed by atoms with E-state index in [0.717, 1.165) is 28.6 Å². The van der Waals surface area contributed by atoms with Gasteiger partial charge in [0.1, 0.15) is 6.54 Å². The molecule has 0 bridgehead atoms. The van der Waals surface area contributed by atoms with E-state index in [2.05, 4.69) is 25.6 Å². The summed E-state index contributed by atoms with van der Waals surface area (Å²) in [6.07, 6.45) is 5.77. The van der Waals surface area contributed by atoms with Crippen LogP contribution in [0, 0.1) is 0 Å². The Morgan fingerprint density at radius 2 is 1.84 bits per heavy atom. The Hall–Kier alpha value is -4.76. The molecule has 0 fully saturated rings. The lowest BCUT2D eigenvalue weighted by atomic mass is 10.1. The number of aromatic amines is 1. The third kappa shape index (κ3) is 5.79. The molecule has 5 rings (SSSR count). The predicted octanol–water partition coefficient (Wildman–Crippen LogP) is 3.25. The van der Waals surface area contributed by atoms with Crippen molar-refractivity contribution in [2.24, 2.45) is 0 Å². The van der Waals surface area contributed by atoms with Crippen molar-refractivity contribution in [2.75, 3.05) is 11.9 Å². The van der Waals surface area contributed by atoms with Gasteiger partial charge in [-0.3, -0.25) is 19.1 Å². The fourth-order valence-corrected chi connectivity index (χ4v) is 4.32. The Bertz CT molecular complexity index is 1580. The van der Waals surface area contributed by atoms with E-state index in [1.165, 1.54) is 4.57 Å². The Morgan fingerprint density at radius 3 is 2.66 bits per heavy atom. The van der Waals surface area contributed by atoms with Gasteiger partial charge in [-0.2, -0.15) is 0 Å². The lowest BCUT2D eigenvalue weighted by molar-refractivity contribution is -0.121. The summed E-state index contributed by atoms with van der Waals surface area (Å²) in [7, 11) is 0. The van der Waals surface area contributed by atoms with E-state index in [1.807, 2.05) is 48.5 Å². The SMILES string of the molecule is O=C(Cn1c(-c2cccc(CO)c2)cnc(NCCc2ccccc2)c1=O)NCc1cc2cnccc2[nH]1. The van der Waals surface area contributed by atoms with Crippen LogP contribution >= 0.6 is 0 Å². The van der Waals surface area contributed by atoms with Crippen LogP contribution in [0.2, 0.25) is 0 Å². The first-order valence-electron chi connectivity index (χ1n) is 12.4. The van der Waals surface area contributed by atoms with Crippen molar-refractivity contribution < 1.29 is 9.90 Å². The zero-order valence-corrected chi connectivity index (χ0v) is 20.7. The minimum Gasteiger partial charge on any atom is -0.392 e. The van der Waals surface area contributed by atoms with Crippen molar-refractivity contribution in [1.29, 1.82) is 0 Å². The number of fused-ring (bicyclic) bond motifs is 1. The number of anilines is 1. The average molecular weight is 509 g/mol. The number of aliphatic hydroxyl groups is 1. The Balaban J connectivity index is 1.37. The summed E-state index contributed by atoms with van der Waals surface area (Å²) in [5.74, 6) is -0.135. The highest BCUT2D eigenvalue weighted by molar-refractivity contribution is 5.80. The average Bonchev–Trinajstić information content (AvgIpc) is 3.38. The molecule has 1 amide bonds. The summed E-state index contributed by atoms with van der Waals surface area (Å²) >= 11 is 0. The second-order valence-electron chi connectivity index (χ2n) is 8.94. The zero-order chi connectivity index (χ0) is 26.3. The molecule has 4 N–H and O–H groups in total. The molecule has 0 saturated carbocycles. The predicted molar refractivity (Wildman–Crippen MR) is 146 cm³/mol. The third-order valence-corrected chi connectivity index (χ3v) is 6.26. The Morgan fingerprint density at radius 1 is 1.00 bits per heavy atom. The van der Waals surface area contributed by atoms with E-state index < -0.39 is 5.56 Å². The van der Waals surface area contributed by atoms with Crippen molar-refractivity contribution in [1.82, 2.24) is 24.8 Å². The van der Waals surface area contributed by atoms with Gasteiger partial charge in [-0.1, -0.05) is 48.5 Å². The van der Waals surface area contributed by atoms with Gasteiger partial charge < -0.3 is 20.7 Å². The normalized spacial score (nSPS) is 11.0. The molecule has 0 radical (unpaired) electrons. The number of benzene rings is 2. The molecule has 192 valence electrons. The van der Waals surface area contributed by atoms with Crippen molar-refractivity contribution in [3.8, 4) is 11.3 Å². The number of rotatable bonds is 10. The highest BCUT2D eigenvalue weighted by Gasteiger charge is 2.16. The molecular weight excluding hydrogens is 480 g/mol. The molecule has 0 unspecified atom stereocenters. The molecule has 0 saturated heterocycles. The standard InChI is InChI=1S/C29H28N6O3/c36-19-21-7-4-8-22(13-21)26-17-33-28(31-12-9-20-5-2-1-3-6-20)29(38)35(26)18-27(37)32-16-24-14-23-15-30-11-10-25(23)34-24/h1-8,10-11,13-15,17,34,36H,9,12,16,18-19H2,(H,31,33)(H,32,37). The fourth-order valence-electron chi connectivity index (χ4n) is 4.32. The van der Waals surface area contributed by atoms with Crippen LogP contribution in [0.4, 0.5) is 5.82 Å². The number of carbonyl (C=O) groups excluding carboxylic acids is 1. The first kappa shape index (κ1) is 24.9. The summed E-state index contributed by atoms with van der Waals surface area (Å²) < 4.78 is 1.42. The van der Waals surface area contributed by atoms with Gasteiger partial charge in [-0.25, -0.2) is 4.98 Å². The Kier molecular flexibility index (Phi) is 7.56. The monoisotopic (exact) mass is 508 g/mol. The molecule has 0 aliphatic heterocycles.